The Kier molecular flexibility index (Phi) is 4.95. The summed E-state index contributed by atoms with van der Waals surface area (Å²) in [4.78, 5) is 14.3. The maximum atomic E-state index is 11.6. The molecule has 1 heterocycles. The van der Waals surface area contributed by atoms with Crippen molar-refractivity contribution in [2.75, 3.05) is 13.1 Å². The molecule has 0 bridgehead atoms. The fourth-order valence-corrected chi connectivity index (χ4v) is 1.34. The second-order valence-electron chi connectivity index (χ2n) is 3.42. The molecule has 1 amide bonds. The first-order valence-corrected chi connectivity index (χ1v) is 5.16. The summed E-state index contributed by atoms with van der Waals surface area (Å²) < 4.78 is 1.77. The van der Waals surface area contributed by atoms with Crippen LogP contribution < -0.4 is 5.32 Å². The second kappa shape index (κ2) is 6.53. The Labute approximate surface area is 93.9 Å². The molecule has 0 aromatic carbocycles. The van der Waals surface area contributed by atoms with E-state index >= 15 is 0 Å². The van der Waals surface area contributed by atoms with Gasteiger partial charge in [-0.2, -0.15) is 0 Å². The maximum absolute atomic E-state index is 11.6. The van der Waals surface area contributed by atoms with Gasteiger partial charge in [-0.3, -0.25) is 4.79 Å². The van der Waals surface area contributed by atoms with Gasteiger partial charge in [-0.25, -0.2) is 0 Å². The van der Waals surface area contributed by atoms with Gasteiger partial charge in [0.25, 0.3) is 5.91 Å². The monoisotopic (exact) mass is 221 g/mol. The van der Waals surface area contributed by atoms with Crippen molar-refractivity contribution < 1.29 is 4.79 Å². The Bertz CT molecular complexity index is 392. The molecule has 0 saturated heterocycles. The molecule has 0 spiro atoms. The Balaban J connectivity index is 2.21. The third-order valence-electron chi connectivity index (χ3n) is 2.21. The highest BCUT2D eigenvalue weighted by molar-refractivity contribution is 5.92. The summed E-state index contributed by atoms with van der Waals surface area (Å²) in [6, 6.07) is 3.60. The van der Waals surface area contributed by atoms with Gasteiger partial charge in [0.05, 0.1) is 0 Å². The first kappa shape index (κ1) is 12.1. The molecule has 0 radical (unpaired) electrons. The zero-order valence-corrected chi connectivity index (χ0v) is 9.26. The minimum absolute atomic E-state index is 0.0729. The largest absolute Gasteiger partial charge is 0.351 e. The summed E-state index contributed by atoms with van der Waals surface area (Å²) >= 11 is 0. The summed E-state index contributed by atoms with van der Waals surface area (Å²) in [5.41, 5.74) is 8.70. The minimum Gasteiger partial charge on any atom is -0.351 e. The molecule has 1 rings (SSSR count). The average Bonchev–Trinajstić information content (AvgIpc) is 2.69. The molecule has 6 heteroatoms. The number of rotatable bonds is 6. The van der Waals surface area contributed by atoms with E-state index in [1.54, 1.807) is 10.6 Å². The van der Waals surface area contributed by atoms with Crippen LogP contribution in [0.2, 0.25) is 0 Å². The zero-order chi connectivity index (χ0) is 11.8. The van der Waals surface area contributed by atoms with E-state index in [1.807, 2.05) is 19.3 Å². The van der Waals surface area contributed by atoms with Gasteiger partial charge in [0.15, 0.2) is 0 Å². The lowest BCUT2D eigenvalue weighted by atomic mass is 10.3. The lowest BCUT2D eigenvalue weighted by molar-refractivity contribution is 0.0945. The molecule has 86 valence electrons. The molecule has 6 nitrogen and oxygen atoms in total. The Hall–Kier alpha value is -1.94. The SMILES string of the molecule is Cn1cccc1C(=O)NCCCCN=[N+]=[N-]. The third-order valence-corrected chi connectivity index (χ3v) is 2.21. The number of carbonyl (C=O) groups excluding carboxylic acids is 1. The van der Waals surface area contributed by atoms with Gasteiger partial charge in [-0.1, -0.05) is 5.11 Å². The van der Waals surface area contributed by atoms with Gasteiger partial charge in [0.2, 0.25) is 0 Å². The highest BCUT2D eigenvalue weighted by Gasteiger charge is 2.06. The zero-order valence-electron chi connectivity index (χ0n) is 9.26. The summed E-state index contributed by atoms with van der Waals surface area (Å²) in [7, 11) is 1.83. The first-order chi connectivity index (χ1) is 7.75. The number of amides is 1. The molecular formula is C10H15N5O. The number of nitrogens with one attached hydrogen (secondary N) is 1. The molecule has 16 heavy (non-hydrogen) atoms. The lowest BCUT2D eigenvalue weighted by Crippen LogP contribution is -2.26. The van der Waals surface area contributed by atoms with E-state index in [0.717, 1.165) is 12.8 Å². The standard InChI is InChI=1S/C10H15N5O/c1-15-8-4-5-9(15)10(16)12-6-2-3-7-13-14-11/h4-5,8H,2-3,6-7H2,1H3,(H,12,16). The summed E-state index contributed by atoms with van der Waals surface area (Å²) in [5, 5.41) is 6.22. The van der Waals surface area contributed by atoms with Crippen LogP contribution in [-0.4, -0.2) is 23.6 Å². The summed E-state index contributed by atoms with van der Waals surface area (Å²) in [6.07, 6.45) is 3.43. The van der Waals surface area contributed by atoms with Gasteiger partial charge in [-0.15, -0.1) is 0 Å². The van der Waals surface area contributed by atoms with Gasteiger partial charge < -0.3 is 9.88 Å². The van der Waals surface area contributed by atoms with Crippen molar-refractivity contribution in [3.63, 3.8) is 0 Å². The molecule has 0 atom stereocenters. The third kappa shape index (κ3) is 3.67. The molecule has 0 unspecified atom stereocenters. The van der Waals surface area contributed by atoms with Crippen molar-refractivity contribution in [3.05, 3.63) is 34.5 Å². The first-order valence-electron chi connectivity index (χ1n) is 5.16. The number of aromatic nitrogens is 1. The summed E-state index contributed by atoms with van der Waals surface area (Å²) in [5.74, 6) is -0.0729. The van der Waals surface area contributed by atoms with Gasteiger partial charge >= 0.3 is 0 Å². The van der Waals surface area contributed by atoms with Crippen LogP contribution in [0.25, 0.3) is 10.4 Å². The average molecular weight is 221 g/mol. The van der Waals surface area contributed by atoms with E-state index in [0.29, 0.717) is 18.8 Å². The normalized spacial score (nSPS) is 9.56. The van der Waals surface area contributed by atoms with E-state index < -0.39 is 0 Å². The molecule has 0 aliphatic carbocycles. The fraction of sp³-hybridized carbons (Fsp3) is 0.500. The maximum Gasteiger partial charge on any atom is 0.267 e. The van der Waals surface area contributed by atoms with Crippen molar-refractivity contribution >= 4 is 5.91 Å². The van der Waals surface area contributed by atoms with Crippen LogP contribution in [0.15, 0.2) is 23.4 Å². The van der Waals surface area contributed by atoms with Crippen molar-refractivity contribution in [1.29, 1.82) is 0 Å². The molecule has 1 aromatic heterocycles. The van der Waals surface area contributed by atoms with E-state index in [2.05, 4.69) is 15.3 Å². The Morgan fingerprint density at radius 2 is 2.44 bits per heavy atom. The van der Waals surface area contributed by atoms with Crippen LogP contribution in [0, 0.1) is 0 Å². The molecule has 0 saturated carbocycles. The number of hydrogen-bond acceptors (Lipinski definition) is 2. The smallest absolute Gasteiger partial charge is 0.267 e. The van der Waals surface area contributed by atoms with Crippen molar-refractivity contribution in [2.45, 2.75) is 12.8 Å². The minimum atomic E-state index is -0.0729. The van der Waals surface area contributed by atoms with Gasteiger partial charge in [0, 0.05) is 31.2 Å². The Morgan fingerprint density at radius 3 is 3.06 bits per heavy atom. The number of carbonyl (C=O) groups is 1. The van der Waals surface area contributed by atoms with Crippen LogP contribution in [0.3, 0.4) is 0 Å². The predicted molar refractivity (Wildman–Crippen MR) is 61.0 cm³/mol. The number of azide groups is 1. The van der Waals surface area contributed by atoms with Crippen LogP contribution in [0.1, 0.15) is 23.3 Å². The molecule has 0 fully saturated rings. The summed E-state index contributed by atoms with van der Waals surface area (Å²) in [6.45, 7) is 1.08. The number of unbranched alkanes of at least 4 members (excludes halogenated alkanes) is 1. The molecule has 1 aromatic rings. The predicted octanol–water partition coefficient (Wildman–Crippen LogP) is 1.85. The van der Waals surface area contributed by atoms with Crippen molar-refractivity contribution in [2.24, 2.45) is 12.2 Å². The van der Waals surface area contributed by atoms with Crippen molar-refractivity contribution in [3.8, 4) is 0 Å². The van der Waals surface area contributed by atoms with E-state index in [1.165, 1.54) is 0 Å². The van der Waals surface area contributed by atoms with E-state index in [4.69, 9.17) is 5.53 Å². The van der Waals surface area contributed by atoms with Crippen LogP contribution >= 0.6 is 0 Å². The van der Waals surface area contributed by atoms with E-state index in [-0.39, 0.29) is 5.91 Å². The fourth-order valence-electron chi connectivity index (χ4n) is 1.34. The van der Waals surface area contributed by atoms with Crippen LogP contribution in [0.5, 0.6) is 0 Å². The number of nitrogens with zero attached hydrogens (tertiary/aromatic N) is 4. The van der Waals surface area contributed by atoms with Crippen molar-refractivity contribution in [1.82, 2.24) is 9.88 Å². The number of aryl methyl sites for hydroxylation is 1. The van der Waals surface area contributed by atoms with Crippen LogP contribution in [-0.2, 0) is 7.05 Å². The topological polar surface area (TPSA) is 82.8 Å². The molecule has 1 N–H and O–H groups in total. The van der Waals surface area contributed by atoms with E-state index in [9.17, 15) is 4.79 Å². The Morgan fingerprint density at radius 1 is 1.62 bits per heavy atom. The van der Waals surface area contributed by atoms with Crippen LogP contribution in [0.4, 0.5) is 0 Å². The lowest BCUT2D eigenvalue weighted by Gasteiger charge is -2.05. The highest BCUT2D eigenvalue weighted by atomic mass is 16.1. The molecule has 0 aliphatic heterocycles. The van der Waals surface area contributed by atoms with Gasteiger partial charge in [0.1, 0.15) is 5.69 Å². The highest BCUT2D eigenvalue weighted by Crippen LogP contribution is 1.99. The van der Waals surface area contributed by atoms with Gasteiger partial charge in [-0.05, 0) is 30.5 Å². The quantitative estimate of drug-likeness (QED) is 0.338. The second-order valence-corrected chi connectivity index (χ2v) is 3.42. The molecule has 0 aliphatic rings. The molecular weight excluding hydrogens is 206 g/mol. The number of hydrogen-bond donors (Lipinski definition) is 1.